The van der Waals surface area contributed by atoms with E-state index in [1.807, 2.05) is 6.92 Å². The number of pyridine rings is 1. The number of hydrogen-bond donors (Lipinski definition) is 7. The number of nitrogens with zero attached hydrogens (tertiary/aromatic N) is 5. The van der Waals surface area contributed by atoms with Crippen LogP contribution >= 0.6 is 0 Å². The van der Waals surface area contributed by atoms with E-state index in [0.29, 0.717) is 34.4 Å². The summed E-state index contributed by atoms with van der Waals surface area (Å²) in [4.78, 5) is 22.8. The zero-order valence-electron chi connectivity index (χ0n) is 28.1. The molecule has 0 saturated heterocycles. The maximum atomic E-state index is 12.6. The van der Waals surface area contributed by atoms with Crippen LogP contribution in [-0.4, -0.2) is 41.6 Å². The standard InChI is InChI=1S/C17H22N4O5S.C14H15N5O4S/c1-5-11-10(4)15(17(23)21(6-2)16(11)22)20-19-13-8-14(27(24,25)26)12(18)7-9(13)3;1-8-2-4-11(13(6-8)24(21,22)23)19-18-10-5-3-9(15)7-12(10)17-14(16)20/h7-8,22H,5-6,18H2,1-4H3,(H,24,25,26);2-7H,15H2,1H3,(H3,16,17,20)(H,21,22,23). The molecule has 0 aliphatic heterocycles. The number of aryl methyl sites for hydroxylation is 2. The molecule has 2 amide bonds. The molecule has 0 aliphatic rings. The molecule has 18 nitrogen and oxygen atoms in total. The van der Waals surface area contributed by atoms with E-state index in [4.69, 9.17) is 17.2 Å². The molecule has 0 unspecified atom stereocenters. The first-order valence-electron chi connectivity index (χ1n) is 14.9. The normalized spacial score (nSPS) is 11.8. The molecule has 4 rings (SSSR count). The van der Waals surface area contributed by atoms with Crippen LogP contribution in [0.5, 0.6) is 5.88 Å². The van der Waals surface area contributed by atoms with Crippen LogP contribution in [0.15, 0.2) is 83.6 Å². The van der Waals surface area contributed by atoms with Gasteiger partial charge >= 0.3 is 6.03 Å². The predicted molar refractivity (Wildman–Crippen MR) is 191 cm³/mol. The maximum absolute atomic E-state index is 12.6. The van der Waals surface area contributed by atoms with E-state index in [1.54, 1.807) is 33.8 Å². The number of hydrogen-bond acceptors (Lipinski definition) is 13. The van der Waals surface area contributed by atoms with Gasteiger partial charge in [-0.25, -0.2) is 4.79 Å². The van der Waals surface area contributed by atoms with Crippen molar-refractivity contribution >= 4 is 66.1 Å². The van der Waals surface area contributed by atoms with Crippen LogP contribution in [-0.2, 0) is 33.2 Å². The van der Waals surface area contributed by atoms with Crippen molar-refractivity contribution in [2.45, 2.75) is 57.4 Å². The lowest BCUT2D eigenvalue weighted by molar-refractivity contribution is 0.259. The number of aromatic hydroxyl groups is 1. The Bertz CT molecular complexity index is 2340. The Morgan fingerprint density at radius 1 is 0.824 bits per heavy atom. The van der Waals surface area contributed by atoms with Crippen LogP contribution in [0.25, 0.3) is 0 Å². The SMILES string of the molecule is CCc1c(C)c(N=Nc2cc(S(=O)(=O)O)c(N)cc2C)c(=O)n(CC)c1O.Cc1ccc(N=Nc2ccc(N)cc2NC(N)=O)c(S(=O)(=O)O)c1. The largest absolute Gasteiger partial charge is 0.494 e. The Hall–Kier alpha value is -5.70. The number of anilines is 3. The highest BCUT2D eigenvalue weighted by Crippen LogP contribution is 2.33. The number of nitrogen functional groups attached to an aromatic ring is 2. The third-order valence-electron chi connectivity index (χ3n) is 7.25. The van der Waals surface area contributed by atoms with Gasteiger partial charge in [-0.15, -0.1) is 15.3 Å². The molecular formula is C31H37N9O9S2. The van der Waals surface area contributed by atoms with E-state index in [1.165, 1.54) is 41.0 Å². The summed E-state index contributed by atoms with van der Waals surface area (Å²) in [6.07, 6.45) is 0.494. The summed E-state index contributed by atoms with van der Waals surface area (Å²) in [6, 6.07) is 10.4. The van der Waals surface area contributed by atoms with E-state index in [2.05, 4.69) is 25.8 Å². The van der Waals surface area contributed by atoms with Gasteiger partial charge in [0.05, 0.1) is 17.1 Å². The predicted octanol–water partition coefficient (Wildman–Crippen LogP) is 5.73. The van der Waals surface area contributed by atoms with E-state index in [9.17, 15) is 40.6 Å². The van der Waals surface area contributed by atoms with Crippen molar-refractivity contribution in [3.8, 4) is 5.88 Å². The molecule has 4 aromatic rings. The number of nitrogens with one attached hydrogen (secondary N) is 1. The molecule has 0 spiro atoms. The second-order valence-electron chi connectivity index (χ2n) is 10.9. The molecule has 0 radical (unpaired) electrons. The maximum Gasteiger partial charge on any atom is 0.316 e. The van der Waals surface area contributed by atoms with Crippen LogP contribution in [0.1, 0.15) is 36.1 Å². The molecule has 1 aromatic heterocycles. The first-order chi connectivity index (χ1) is 23.7. The Morgan fingerprint density at radius 3 is 1.98 bits per heavy atom. The molecule has 3 aromatic carbocycles. The lowest BCUT2D eigenvalue weighted by Gasteiger charge is -2.14. The van der Waals surface area contributed by atoms with Gasteiger partial charge in [-0.2, -0.15) is 21.9 Å². The molecule has 20 heteroatoms. The number of azo groups is 2. The monoisotopic (exact) mass is 743 g/mol. The number of carbonyl (C=O) groups is 1. The highest BCUT2D eigenvalue weighted by atomic mass is 32.2. The van der Waals surface area contributed by atoms with Crippen LogP contribution < -0.4 is 28.1 Å². The molecular weight excluding hydrogens is 707 g/mol. The van der Waals surface area contributed by atoms with Crippen molar-refractivity contribution in [2.75, 3.05) is 16.8 Å². The summed E-state index contributed by atoms with van der Waals surface area (Å²) in [6.45, 7) is 8.80. The van der Waals surface area contributed by atoms with Crippen molar-refractivity contribution in [3.05, 3.63) is 81.1 Å². The van der Waals surface area contributed by atoms with Gasteiger partial charge in [0.25, 0.3) is 25.8 Å². The van der Waals surface area contributed by atoms with Crippen molar-refractivity contribution < 1.29 is 35.8 Å². The number of aromatic nitrogens is 1. The topological polar surface area (TPSA) is 308 Å². The van der Waals surface area contributed by atoms with Gasteiger partial charge < -0.3 is 27.6 Å². The number of rotatable bonds is 9. The minimum absolute atomic E-state index is 0.0510. The summed E-state index contributed by atoms with van der Waals surface area (Å²) < 4.78 is 65.5. The number of nitrogens with two attached hydrogens (primary N) is 3. The van der Waals surface area contributed by atoms with Gasteiger partial charge in [0.15, 0.2) is 11.6 Å². The van der Waals surface area contributed by atoms with Crippen molar-refractivity contribution in [2.24, 2.45) is 26.2 Å². The van der Waals surface area contributed by atoms with Gasteiger partial charge in [-0.05, 0) is 93.3 Å². The van der Waals surface area contributed by atoms with Gasteiger partial charge in [0.2, 0.25) is 0 Å². The molecule has 1 heterocycles. The van der Waals surface area contributed by atoms with E-state index >= 15 is 0 Å². The number of amides is 2. The van der Waals surface area contributed by atoms with Crippen LogP contribution in [0.2, 0.25) is 0 Å². The fourth-order valence-corrected chi connectivity index (χ4v) is 6.04. The average molecular weight is 744 g/mol. The molecule has 0 saturated carbocycles. The first-order valence-corrected chi connectivity index (χ1v) is 17.8. The summed E-state index contributed by atoms with van der Waals surface area (Å²) in [5, 5.41) is 28.3. The second-order valence-corrected chi connectivity index (χ2v) is 13.7. The van der Waals surface area contributed by atoms with Crippen LogP contribution in [0, 0.1) is 20.8 Å². The molecule has 0 bridgehead atoms. The van der Waals surface area contributed by atoms with E-state index in [0.717, 1.165) is 6.07 Å². The summed E-state index contributed by atoms with van der Waals surface area (Å²) >= 11 is 0. The van der Waals surface area contributed by atoms with Crippen LogP contribution in [0.4, 0.5) is 44.6 Å². The molecule has 0 aliphatic carbocycles. The third kappa shape index (κ3) is 9.72. The molecule has 272 valence electrons. The molecule has 0 fully saturated rings. The Kier molecular flexibility index (Phi) is 12.4. The molecule has 10 N–H and O–H groups in total. The summed E-state index contributed by atoms with van der Waals surface area (Å²) in [5.74, 6) is -0.0984. The van der Waals surface area contributed by atoms with Gasteiger partial charge in [0, 0.05) is 17.8 Å². The summed E-state index contributed by atoms with van der Waals surface area (Å²) in [7, 11) is -8.98. The van der Waals surface area contributed by atoms with E-state index in [-0.39, 0.29) is 51.4 Å². The molecule has 0 atom stereocenters. The van der Waals surface area contributed by atoms with Crippen molar-refractivity contribution in [3.63, 3.8) is 0 Å². The van der Waals surface area contributed by atoms with Crippen molar-refractivity contribution in [1.29, 1.82) is 0 Å². The zero-order valence-corrected chi connectivity index (χ0v) is 29.7. The highest BCUT2D eigenvalue weighted by molar-refractivity contribution is 7.86. The highest BCUT2D eigenvalue weighted by Gasteiger charge is 2.19. The van der Waals surface area contributed by atoms with Crippen molar-refractivity contribution in [1.82, 2.24) is 4.57 Å². The smallest absolute Gasteiger partial charge is 0.316 e. The minimum Gasteiger partial charge on any atom is -0.494 e. The third-order valence-corrected chi connectivity index (χ3v) is 9.04. The second kappa shape index (κ2) is 15.9. The minimum atomic E-state index is -4.52. The Balaban J connectivity index is 0.000000277. The zero-order chi connectivity index (χ0) is 38.4. The van der Waals surface area contributed by atoms with Crippen LogP contribution in [0.3, 0.4) is 0 Å². The number of primary amides is 1. The lowest BCUT2D eigenvalue weighted by atomic mass is 10.1. The number of benzene rings is 3. The van der Waals surface area contributed by atoms with E-state index < -0.39 is 36.7 Å². The average Bonchev–Trinajstić information content (AvgIpc) is 3.01. The van der Waals surface area contributed by atoms with Gasteiger partial charge in [0.1, 0.15) is 21.2 Å². The molecule has 51 heavy (non-hydrogen) atoms. The number of urea groups is 1. The van der Waals surface area contributed by atoms with Gasteiger partial charge in [-0.3, -0.25) is 18.5 Å². The fourth-order valence-electron chi connectivity index (χ4n) is 4.72. The van der Waals surface area contributed by atoms with Gasteiger partial charge in [-0.1, -0.05) is 13.0 Å². The fraction of sp³-hybridized carbons (Fsp3) is 0.226. The number of carbonyl (C=O) groups excluding carboxylic acids is 1. The Labute approximate surface area is 293 Å². The first kappa shape index (κ1) is 39.7. The summed E-state index contributed by atoms with van der Waals surface area (Å²) in [5.41, 5.74) is 18.9. The lowest BCUT2D eigenvalue weighted by Crippen LogP contribution is -2.21. The quantitative estimate of drug-likeness (QED) is 0.0617. The Morgan fingerprint density at radius 2 is 1.41 bits per heavy atom.